The topological polar surface area (TPSA) is 73.6 Å². The molecule has 0 aromatic heterocycles. The Balaban J connectivity index is 3.02. The van der Waals surface area contributed by atoms with E-state index < -0.39 is 0 Å². The van der Waals surface area contributed by atoms with Gasteiger partial charge >= 0.3 is 0 Å². The number of amidine groups is 1. The Bertz CT molecular complexity index is 296. The van der Waals surface area contributed by atoms with Gasteiger partial charge in [-0.2, -0.15) is 5.10 Å². The molecule has 0 fully saturated rings. The number of rotatable bonds is 2. The summed E-state index contributed by atoms with van der Waals surface area (Å²) >= 11 is 0. The monoisotopic (exact) mass is 165 g/mol. The fraction of sp³-hybridized carbons (Fsp3) is 0.125. The van der Waals surface area contributed by atoms with Crippen molar-refractivity contribution < 1.29 is 4.74 Å². The van der Waals surface area contributed by atoms with E-state index in [1.807, 2.05) is 18.2 Å². The fourth-order valence-corrected chi connectivity index (χ4v) is 0.857. The highest BCUT2D eigenvalue weighted by Gasteiger charge is 1.98. The smallest absolute Gasteiger partial charge is 0.150 e. The molecule has 12 heavy (non-hydrogen) atoms. The molecule has 64 valence electrons. The zero-order valence-corrected chi connectivity index (χ0v) is 6.82. The van der Waals surface area contributed by atoms with Gasteiger partial charge in [-0.15, -0.1) is 0 Å². The molecule has 0 heterocycles. The molecule has 1 aromatic carbocycles. The van der Waals surface area contributed by atoms with Crippen molar-refractivity contribution in [3.05, 3.63) is 29.8 Å². The van der Waals surface area contributed by atoms with Crippen LogP contribution in [-0.2, 0) is 0 Å². The minimum absolute atomic E-state index is 0.300. The van der Waals surface area contributed by atoms with Crippen LogP contribution in [0.2, 0.25) is 0 Å². The Labute approximate surface area is 70.8 Å². The molecule has 4 heteroatoms. The van der Waals surface area contributed by atoms with Gasteiger partial charge in [-0.05, 0) is 12.1 Å². The van der Waals surface area contributed by atoms with Crippen LogP contribution in [0.5, 0.6) is 5.75 Å². The standard InChI is InChI=1S/C8H11N3O/c1-12-7-4-2-3-6(5-7)8(9)11-10/h2-5H,10H2,1H3,(H2,9,11). The number of nitrogens with two attached hydrogens (primary N) is 2. The van der Waals surface area contributed by atoms with Crippen molar-refractivity contribution in [1.82, 2.24) is 0 Å². The van der Waals surface area contributed by atoms with Crippen molar-refractivity contribution in [3.8, 4) is 5.75 Å². The van der Waals surface area contributed by atoms with Gasteiger partial charge in [0.25, 0.3) is 0 Å². The SMILES string of the molecule is COc1cccc(/C(N)=N/N)c1. The Morgan fingerprint density at radius 3 is 2.83 bits per heavy atom. The first-order valence-corrected chi connectivity index (χ1v) is 3.45. The molecule has 0 amide bonds. The van der Waals surface area contributed by atoms with Crippen molar-refractivity contribution >= 4 is 5.84 Å². The molecule has 0 spiro atoms. The number of ether oxygens (including phenoxy) is 1. The predicted octanol–water partition coefficient (Wildman–Crippen LogP) is 0.274. The number of hydrogen-bond donors (Lipinski definition) is 2. The average molecular weight is 165 g/mol. The lowest BCUT2D eigenvalue weighted by atomic mass is 10.2. The fourth-order valence-electron chi connectivity index (χ4n) is 0.857. The summed E-state index contributed by atoms with van der Waals surface area (Å²) in [5.41, 5.74) is 6.25. The normalized spacial score (nSPS) is 11.2. The summed E-state index contributed by atoms with van der Waals surface area (Å²) in [6, 6.07) is 7.24. The third-order valence-electron chi connectivity index (χ3n) is 1.50. The quantitative estimate of drug-likeness (QED) is 0.286. The number of hydrogen-bond acceptors (Lipinski definition) is 3. The second kappa shape index (κ2) is 3.61. The summed E-state index contributed by atoms with van der Waals surface area (Å²) in [6.45, 7) is 0. The number of hydrazone groups is 1. The number of methoxy groups -OCH3 is 1. The van der Waals surface area contributed by atoms with E-state index in [9.17, 15) is 0 Å². The summed E-state index contributed by atoms with van der Waals surface area (Å²) < 4.78 is 5.00. The third kappa shape index (κ3) is 1.66. The number of nitrogens with zero attached hydrogens (tertiary/aromatic N) is 1. The molecule has 0 unspecified atom stereocenters. The molecule has 1 aromatic rings. The summed E-state index contributed by atoms with van der Waals surface area (Å²) in [6.07, 6.45) is 0. The van der Waals surface area contributed by atoms with E-state index >= 15 is 0 Å². The molecule has 0 bridgehead atoms. The summed E-state index contributed by atoms with van der Waals surface area (Å²) in [4.78, 5) is 0. The maximum atomic E-state index is 5.49. The third-order valence-corrected chi connectivity index (χ3v) is 1.50. The molecule has 0 aliphatic rings. The minimum atomic E-state index is 0.300. The second-order valence-corrected chi connectivity index (χ2v) is 2.25. The lowest BCUT2D eigenvalue weighted by Gasteiger charge is -2.02. The van der Waals surface area contributed by atoms with Crippen LogP contribution in [0.15, 0.2) is 29.4 Å². The zero-order chi connectivity index (χ0) is 8.97. The first-order chi connectivity index (χ1) is 5.77. The Morgan fingerprint density at radius 1 is 1.50 bits per heavy atom. The first-order valence-electron chi connectivity index (χ1n) is 3.45. The molecular weight excluding hydrogens is 154 g/mol. The lowest BCUT2D eigenvalue weighted by Crippen LogP contribution is -2.15. The van der Waals surface area contributed by atoms with E-state index in [4.69, 9.17) is 16.3 Å². The van der Waals surface area contributed by atoms with Crippen LogP contribution in [-0.4, -0.2) is 12.9 Å². The van der Waals surface area contributed by atoms with Gasteiger partial charge in [0.05, 0.1) is 7.11 Å². The summed E-state index contributed by atoms with van der Waals surface area (Å²) in [5.74, 6) is 6.05. The highest BCUT2D eigenvalue weighted by Crippen LogP contribution is 2.11. The molecule has 0 aliphatic carbocycles. The predicted molar refractivity (Wildman–Crippen MR) is 47.9 cm³/mol. The van der Waals surface area contributed by atoms with Crippen LogP contribution in [0.4, 0.5) is 0 Å². The van der Waals surface area contributed by atoms with Crippen molar-refractivity contribution in [2.24, 2.45) is 16.7 Å². The number of benzene rings is 1. The highest BCUT2D eigenvalue weighted by atomic mass is 16.5. The lowest BCUT2D eigenvalue weighted by molar-refractivity contribution is 0.414. The molecular formula is C8H11N3O. The Hall–Kier alpha value is -1.71. The van der Waals surface area contributed by atoms with Crippen molar-refractivity contribution in [3.63, 3.8) is 0 Å². The zero-order valence-electron chi connectivity index (χ0n) is 6.82. The van der Waals surface area contributed by atoms with Gasteiger partial charge in [0.15, 0.2) is 0 Å². The molecule has 0 radical (unpaired) electrons. The highest BCUT2D eigenvalue weighted by molar-refractivity contribution is 5.97. The van der Waals surface area contributed by atoms with Crippen LogP contribution < -0.4 is 16.3 Å². The Morgan fingerprint density at radius 2 is 2.25 bits per heavy atom. The van der Waals surface area contributed by atoms with Crippen molar-refractivity contribution in [1.29, 1.82) is 0 Å². The maximum Gasteiger partial charge on any atom is 0.150 e. The van der Waals surface area contributed by atoms with Crippen LogP contribution in [0.1, 0.15) is 5.56 Å². The van der Waals surface area contributed by atoms with E-state index in [1.54, 1.807) is 13.2 Å². The molecule has 0 atom stereocenters. The van der Waals surface area contributed by atoms with Gasteiger partial charge in [0.2, 0.25) is 0 Å². The van der Waals surface area contributed by atoms with E-state index in [1.165, 1.54) is 0 Å². The van der Waals surface area contributed by atoms with E-state index in [0.29, 0.717) is 5.84 Å². The molecule has 0 aliphatic heterocycles. The van der Waals surface area contributed by atoms with Gasteiger partial charge in [-0.3, -0.25) is 0 Å². The molecule has 4 nitrogen and oxygen atoms in total. The molecule has 0 saturated carbocycles. The minimum Gasteiger partial charge on any atom is -0.497 e. The Kier molecular flexibility index (Phi) is 2.53. The average Bonchev–Trinajstić information content (AvgIpc) is 2.17. The van der Waals surface area contributed by atoms with Gasteiger partial charge in [-0.25, -0.2) is 0 Å². The van der Waals surface area contributed by atoms with Gasteiger partial charge in [-0.1, -0.05) is 12.1 Å². The summed E-state index contributed by atoms with van der Waals surface area (Å²) in [7, 11) is 1.59. The van der Waals surface area contributed by atoms with Gasteiger partial charge in [0, 0.05) is 5.56 Å². The largest absolute Gasteiger partial charge is 0.497 e. The molecule has 4 N–H and O–H groups in total. The van der Waals surface area contributed by atoms with Crippen LogP contribution in [0.25, 0.3) is 0 Å². The molecule has 1 rings (SSSR count). The second-order valence-electron chi connectivity index (χ2n) is 2.25. The van der Waals surface area contributed by atoms with Crippen molar-refractivity contribution in [2.45, 2.75) is 0 Å². The summed E-state index contributed by atoms with van der Waals surface area (Å²) in [5, 5.41) is 3.37. The van der Waals surface area contributed by atoms with E-state index in [0.717, 1.165) is 11.3 Å². The van der Waals surface area contributed by atoms with Crippen LogP contribution in [0, 0.1) is 0 Å². The van der Waals surface area contributed by atoms with Gasteiger partial charge < -0.3 is 16.3 Å². The van der Waals surface area contributed by atoms with Crippen LogP contribution >= 0.6 is 0 Å². The maximum absolute atomic E-state index is 5.49. The van der Waals surface area contributed by atoms with Gasteiger partial charge in [0.1, 0.15) is 11.6 Å². The van der Waals surface area contributed by atoms with E-state index in [2.05, 4.69) is 5.10 Å². The molecule has 0 saturated heterocycles. The van der Waals surface area contributed by atoms with Crippen molar-refractivity contribution in [2.75, 3.05) is 7.11 Å². The first kappa shape index (κ1) is 8.39. The van der Waals surface area contributed by atoms with Crippen LogP contribution in [0.3, 0.4) is 0 Å². The van der Waals surface area contributed by atoms with E-state index in [-0.39, 0.29) is 0 Å².